The van der Waals surface area contributed by atoms with E-state index in [4.69, 9.17) is 11.1 Å². The van der Waals surface area contributed by atoms with E-state index in [-0.39, 0.29) is 93.7 Å². The van der Waals surface area contributed by atoms with E-state index in [9.17, 15) is 31.0 Å². The summed E-state index contributed by atoms with van der Waals surface area (Å²) in [7, 11) is -9.53. The summed E-state index contributed by atoms with van der Waals surface area (Å²) >= 11 is 0. The number of hydrazone groups is 1. The average Bonchev–Trinajstić information content (AvgIpc) is 2.63. The summed E-state index contributed by atoms with van der Waals surface area (Å²) in [5.74, 6) is -0.843. The fourth-order valence-electron chi connectivity index (χ4n) is 2.48. The van der Waals surface area contributed by atoms with Crippen LogP contribution in [-0.4, -0.2) is 37.6 Å². The number of benzene rings is 2. The largest absolute Gasteiger partial charge is 1.00 e. The van der Waals surface area contributed by atoms with Crippen molar-refractivity contribution < 1.29 is 90.2 Å². The predicted octanol–water partition coefficient (Wildman–Crippen LogP) is -4.89. The van der Waals surface area contributed by atoms with Crippen LogP contribution in [0.5, 0.6) is 0 Å². The molecule has 11 nitrogen and oxygen atoms in total. The van der Waals surface area contributed by atoms with Gasteiger partial charge in [-0.1, -0.05) is 24.3 Å². The zero-order valence-electron chi connectivity index (χ0n) is 18.1. The third kappa shape index (κ3) is 9.86. The number of nitrogens with two attached hydrogens (primary N) is 1. The Balaban J connectivity index is 0.00000512. The predicted molar refractivity (Wildman–Crippen MR) is 113 cm³/mol. The van der Waals surface area contributed by atoms with Crippen LogP contribution in [0.15, 0.2) is 51.3 Å². The van der Waals surface area contributed by atoms with E-state index < -0.39 is 35.9 Å². The van der Waals surface area contributed by atoms with Crippen LogP contribution in [0.3, 0.4) is 0 Å². The van der Waals surface area contributed by atoms with Gasteiger partial charge in [0.2, 0.25) is 0 Å². The molecule has 0 radical (unpaired) electrons. The third-order valence-corrected chi connectivity index (χ3v) is 5.63. The second kappa shape index (κ2) is 13.0. The first-order chi connectivity index (χ1) is 14.3. The monoisotopic (exact) mass is 512 g/mol. The van der Waals surface area contributed by atoms with E-state index in [1.807, 2.05) is 0 Å². The zero-order valence-corrected chi connectivity index (χ0v) is 23.7. The van der Waals surface area contributed by atoms with Gasteiger partial charge in [0.15, 0.2) is 0 Å². The van der Waals surface area contributed by atoms with Crippen molar-refractivity contribution in [1.29, 1.82) is 5.41 Å². The average molecular weight is 512 g/mol. The molecule has 0 aromatic heterocycles. The van der Waals surface area contributed by atoms with Crippen molar-refractivity contribution in [2.24, 2.45) is 5.10 Å². The number of nitrogen functional groups attached to an aromatic ring is 1. The minimum absolute atomic E-state index is 0. The molecular formula is C18H18N4Na2O7S2. The Kier molecular flexibility index (Phi) is 12.5. The van der Waals surface area contributed by atoms with Crippen molar-refractivity contribution in [3.05, 3.63) is 47.5 Å². The maximum absolute atomic E-state index is 11.8. The summed E-state index contributed by atoms with van der Waals surface area (Å²) in [6.07, 6.45) is 2.19. The van der Waals surface area contributed by atoms with Crippen LogP contribution in [0.4, 0.5) is 11.4 Å². The minimum atomic E-state index is -4.84. The molecule has 0 saturated carbocycles. The van der Waals surface area contributed by atoms with Crippen molar-refractivity contribution in [3.63, 3.8) is 0 Å². The molecule has 2 aromatic rings. The van der Waals surface area contributed by atoms with Gasteiger partial charge in [0, 0.05) is 17.8 Å². The number of nitrogens with zero attached hydrogens (tertiary/aromatic N) is 1. The van der Waals surface area contributed by atoms with E-state index >= 15 is 0 Å². The SMILES string of the molecule is C/C(CC(=N)[O-])=N/Nc1ccc(/C=C/c2ccc(N)cc2S(=O)(=O)[O-])c(S(=O)(=O)O)c1.[Na+].[Na+]. The molecule has 0 heterocycles. The van der Waals surface area contributed by atoms with Crippen LogP contribution in [0.1, 0.15) is 24.5 Å². The Labute approximate surface area is 235 Å². The van der Waals surface area contributed by atoms with Crippen LogP contribution in [-0.2, 0) is 20.2 Å². The van der Waals surface area contributed by atoms with Crippen molar-refractivity contribution in [3.8, 4) is 0 Å². The van der Waals surface area contributed by atoms with E-state index in [1.165, 1.54) is 43.3 Å². The van der Waals surface area contributed by atoms with Gasteiger partial charge in [0.25, 0.3) is 10.1 Å². The maximum Gasteiger partial charge on any atom is 1.00 e. The molecule has 166 valence electrons. The van der Waals surface area contributed by atoms with Crippen LogP contribution < -0.4 is 75.4 Å². The summed E-state index contributed by atoms with van der Waals surface area (Å²) in [5.41, 5.74) is 8.52. The molecule has 0 spiro atoms. The molecule has 0 aliphatic rings. The first kappa shape index (κ1) is 31.7. The molecular weight excluding hydrogens is 494 g/mol. The van der Waals surface area contributed by atoms with Gasteiger partial charge in [-0.25, -0.2) is 8.42 Å². The van der Waals surface area contributed by atoms with Crippen LogP contribution in [0.2, 0.25) is 0 Å². The summed E-state index contributed by atoms with van der Waals surface area (Å²) in [6, 6.07) is 7.44. The molecule has 2 rings (SSSR count). The van der Waals surface area contributed by atoms with Gasteiger partial charge in [-0.2, -0.15) is 13.5 Å². The van der Waals surface area contributed by atoms with E-state index in [0.717, 1.165) is 12.1 Å². The Morgan fingerprint density at radius 3 is 2.15 bits per heavy atom. The molecule has 0 fully saturated rings. The normalized spacial score (nSPS) is 12.0. The minimum Gasteiger partial charge on any atom is -0.862 e. The summed E-state index contributed by atoms with van der Waals surface area (Å²) in [6.45, 7) is 1.49. The third-order valence-electron chi connectivity index (χ3n) is 3.83. The summed E-state index contributed by atoms with van der Waals surface area (Å²) < 4.78 is 67.5. The molecule has 0 saturated heterocycles. The Hall–Kier alpha value is -1.26. The smallest absolute Gasteiger partial charge is 0.862 e. The first-order valence-corrected chi connectivity index (χ1v) is 11.3. The molecule has 0 unspecified atom stereocenters. The second-order valence-electron chi connectivity index (χ2n) is 6.37. The molecule has 33 heavy (non-hydrogen) atoms. The van der Waals surface area contributed by atoms with Gasteiger partial charge in [-0.3, -0.25) is 9.98 Å². The van der Waals surface area contributed by atoms with Gasteiger partial charge in [-0.05, 0) is 48.2 Å². The van der Waals surface area contributed by atoms with E-state index in [2.05, 4.69) is 10.5 Å². The fourth-order valence-corrected chi connectivity index (χ4v) is 3.90. The molecule has 0 aliphatic carbocycles. The van der Waals surface area contributed by atoms with Crippen molar-refractivity contribution >= 4 is 55.4 Å². The molecule has 0 amide bonds. The summed E-state index contributed by atoms with van der Waals surface area (Å²) in [5, 5.41) is 21.5. The van der Waals surface area contributed by atoms with Gasteiger partial charge in [0.1, 0.15) is 15.0 Å². The molecule has 0 aliphatic heterocycles. The molecule has 15 heteroatoms. The van der Waals surface area contributed by atoms with Gasteiger partial charge < -0.3 is 20.8 Å². The first-order valence-electron chi connectivity index (χ1n) is 8.46. The van der Waals surface area contributed by atoms with Crippen LogP contribution in [0, 0.1) is 5.41 Å². The fraction of sp³-hybridized carbons (Fsp3) is 0.111. The Bertz CT molecular complexity index is 1290. The van der Waals surface area contributed by atoms with Gasteiger partial charge in [-0.15, -0.1) is 0 Å². The van der Waals surface area contributed by atoms with Crippen LogP contribution in [0.25, 0.3) is 12.2 Å². The van der Waals surface area contributed by atoms with E-state index in [1.54, 1.807) is 0 Å². The zero-order chi connectivity index (χ0) is 23.4. The number of rotatable bonds is 8. The molecule has 0 bridgehead atoms. The number of nitrogens with one attached hydrogen (secondary N) is 2. The summed E-state index contributed by atoms with van der Waals surface area (Å²) in [4.78, 5) is -1.09. The van der Waals surface area contributed by atoms with Gasteiger partial charge in [0.05, 0.1) is 10.6 Å². The van der Waals surface area contributed by atoms with Gasteiger partial charge >= 0.3 is 59.1 Å². The quantitative estimate of drug-likeness (QED) is 0.0507. The van der Waals surface area contributed by atoms with Crippen molar-refractivity contribution in [2.75, 3.05) is 11.2 Å². The van der Waals surface area contributed by atoms with Crippen molar-refractivity contribution in [1.82, 2.24) is 0 Å². The number of hydrogen-bond acceptors (Lipinski definition) is 10. The molecule has 2 aromatic carbocycles. The molecule has 0 atom stereocenters. The maximum atomic E-state index is 11.8. The Morgan fingerprint density at radius 1 is 1.09 bits per heavy atom. The topological polar surface area (TPSA) is 209 Å². The Morgan fingerprint density at radius 2 is 1.64 bits per heavy atom. The molecule has 5 N–H and O–H groups in total. The standard InChI is InChI=1S/C18H20N4O7S2.2Na/c1-11(8-18(20)23)21-22-15-7-5-13(17(10-15)31(27,28)29)3-2-12-4-6-14(19)9-16(12)30(24,25)26;;/h2-7,9-10,22H,8,19H2,1H3,(H2,20,23)(H,24,25,26)(H,27,28,29);;/q;2*+1/p-2/b3-2+,21-11-;;. The second-order valence-corrected chi connectivity index (χ2v) is 9.11. The van der Waals surface area contributed by atoms with Crippen LogP contribution >= 0.6 is 0 Å². The number of hydrogen-bond donors (Lipinski definition) is 4. The number of anilines is 2. The van der Waals surface area contributed by atoms with Crippen molar-refractivity contribution in [2.45, 2.75) is 23.1 Å². The van der Waals surface area contributed by atoms with E-state index in [0.29, 0.717) is 0 Å².